The minimum absolute atomic E-state index is 0.307. The second-order valence-corrected chi connectivity index (χ2v) is 9.57. The molecule has 0 aliphatic carbocycles. The molecular weight excluding hydrogens is 434 g/mol. The number of piperidine rings is 1. The second-order valence-electron chi connectivity index (χ2n) is 9.57. The predicted octanol–water partition coefficient (Wildman–Crippen LogP) is 6.00. The average Bonchev–Trinajstić information content (AvgIpc) is 3.10. The van der Waals surface area contributed by atoms with Gasteiger partial charge in [0.25, 0.3) is 11.8 Å². The number of benzene rings is 3. The van der Waals surface area contributed by atoms with Crippen LogP contribution in [0.2, 0.25) is 0 Å². The summed E-state index contributed by atoms with van der Waals surface area (Å²) in [6, 6.07) is 21.6. The van der Waals surface area contributed by atoms with Gasteiger partial charge in [-0.1, -0.05) is 41.5 Å². The summed E-state index contributed by atoms with van der Waals surface area (Å²) in [5.41, 5.74) is 7.20. The fourth-order valence-electron chi connectivity index (χ4n) is 4.97. The summed E-state index contributed by atoms with van der Waals surface area (Å²) >= 11 is 0. The molecule has 0 bridgehead atoms. The molecule has 5 nitrogen and oxygen atoms in total. The van der Waals surface area contributed by atoms with Gasteiger partial charge in [-0.05, 0) is 87.6 Å². The van der Waals surface area contributed by atoms with Gasteiger partial charge in [0.1, 0.15) is 5.70 Å². The number of hydrogen-bond acceptors (Lipinski definition) is 4. The number of amides is 2. The number of carbonyl (C=O) groups is 2. The minimum Gasteiger partial charge on any atom is -0.372 e. The van der Waals surface area contributed by atoms with E-state index in [1.807, 2.05) is 75.4 Å². The van der Waals surface area contributed by atoms with E-state index in [1.165, 1.54) is 29.8 Å². The molecule has 0 radical (unpaired) electrons. The normalized spacial score (nSPS) is 16.3. The largest absolute Gasteiger partial charge is 0.372 e. The highest BCUT2D eigenvalue weighted by Gasteiger charge is 2.40. The van der Waals surface area contributed by atoms with Crippen LogP contribution in [0, 0.1) is 20.8 Å². The summed E-state index contributed by atoms with van der Waals surface area (Å²) in [4.78, 5) is 31.0. The van der Waals surface area contributed by atoms with Crippen molar-refractivity contribution < 1.29 is 9.59 Å². The second kappa shape index (κ2) is 9.41. The molecule has 178 valence electrons. The fraction of sp³-hybridized carbons (Fsp3) is 0.267. The third-order valence-electron chi connectivity index (χ3n) is 6.89. The molecule has 2 amide bonds. The van der Waals surface area contributed by atoms with Crippen LogP contribution in [0.5, 0.6) is 0 Å². The summed E-state index contributed by atoms with van der Waals surface area (Å²) in [5, 5.41) is 3.30. The van der Waals surface area contributed by atoms with Gasteiger partial charge in [-0.3, -0.25) is 9.59 Å². The number of nitrogens with one attached hydrogen (secondary N) is 1. The Hall–Kier alpha value is -3.86. The van der Waals surface area contributed by atoms with Gasteiger partial charge in [0.05, 0.1) is 11.3 Å². The molecule has 1 fully saturated rings. The Morgan fingerprint density at radius 2 is 1.31 bits per heavy atom. The molecule has 0 aromatic heterocycles. The lowest BCUT2D eigenvalue weighted by molar-refractivity contribution is -0.120. The molecule has 0 spiro atoms. The number of hydrogen-bond donors (Lipinski definition) is 1. The van der Waals surface area contributed by atoms with Gasteiger partial charge >= 0.3 is 0 Å². The van der Waals surface area contributed by atoms with Crippen LogP contribution < -0.4 is 15.1 Å². The van der Waals surface area contributed by atoms with E-state index in [9.17, 15) is 9.59 Å². The first-order chi connectivity index (χ1) is 16.9. The Labute approximate surface area is 207 Å². The quantitative estimate of drug-likeness (QED) is 0.470. The third kappa shape index (κ3) is 4.46. The van der Waals surface area contributed by atoms with Gasteiger partial charge < -0.3 is 10.2 Å². The highest BCUT2D eigenvalue weighted by Crippen LogP contribution is 2.35. The first-order valence-corrected chi connectivity index (χ1v) is 12.3. The van der Waals surface area contributed by atoms with E-state index in [-0.39, 0.29) is 11.8 Å². The summed E-state index contributed by atoms with van der Waals surface area (Å²) < 4.78 is 0. The van der Waals surface area contributed by atoms with Gasteiger partial charge in [-0.15, -0.1) is 0 Å². The van der Waals surface area contributed by atoms with Crippen molar-refractivity contribution in [3.05, 3.63) is 94.7 Å². The standard InChI is InChI=1S/C30H31N3O2/c1-20-7-12-25(13-8-20)33-29(34)27(26-16-9-21(2)19-22(26)3)28(30(33)35)31-23-10-14-24(15-11-23)32-17-5-4-6-18-32/h7-16,19,31H,4-6,17-18H2,1-3H3. The summed E-state index contributed by atoms with van der Waals surface area (Å²) in [7, 11) is 0. The Kier molecular flexibility index (Phi) is 6.16. The maximum Gasteiger partial charge on any atom is 0.282 e. The lowest BCUT2D eigenvalue weighted by Crippen LogP contribution is -2.32. The van der Waals surface area contributed by atoms with Crippen molar-refractivity contribution >= 4 is 34.4 Å². The van der Waals surface area contributed by atoms with E-state index in [0.717, 1.165) is 41.0 Å². The van der Waals surface area contributed by atoms with Crippen molar-refractivity contribution in [2.24, 2.45) is 0 Å². The number of anilines is 3. The Morgan fingerprint density at radius 1 is 0.686 bits per heavy atom. The SMILES string of the molecule is Cc1ccc(N2C(=O)C(Nc3ccc(N4CCCCC4)cc3)=C(c3ccc(C)cc3C)C2=O)cc1. The van der Waals surface area contributed by atoms with Crippen LogP contribution in [0.4, 0.5) is 17.1 Å². The van der Waals surface area contributed by atoms with E-state index >= 15 is 0 Å². The summed E-state index contributed by atoms with van der Waals surface area (Å²) in [5.74, 6) is -0.646. The van der Waals surface area contributed by atoms with Crippen molar-refractivity contribution in [2.75, 3.05) is 28.2 Å². The monoisotopic (exact) mass is 465 g/mol. The van der Waals surface area contributed by atoms with Crippen molar-refractivity contribution in [1.82, 2.24) is 0 Å². The lowest BCUT2D eigenvalue weighted by atomic mass is 9.97. The predicted molar refractivity (Wildman–Crippen MR) is 143 cm³/mol. The molecular formula is C30H31N3O2. The Balaban J connectivity index is 1.52. The Morgan fingerprint density at radius 3 is 1.97 bits per heavy atom. The molecule has 5 rings (SSSR count). The maximum atomic E-state index is 13.7. The zero-order chi connectivity index (χ0) is 24.5. The number of carbonyl (C=O) groups excluding carboxylic acids is 2. The molecule has 5 heteroatoms. The highest BCUT2D eigenvalue weighted by atomic mass is 16.2. The van der Waals surface area contributed by atoms with Crippen LogP contribution >= 0.6 is 0 Å². The van der Waals surface area contributed by atoms with E-state index in [4.69, 9.17) is 0 Å². The van der Waals surface area contributed by atoms with E-state index in [2.05, 4.69) is 22.3 Å². The van der Waals surface area contributed by atoms with Crippen LogP contribution in [0.1, 0.15) is 41.5 Å². The molecule has 0 unspecified atom stereocenters. The lowest BCUT2D eigenvalue weighted by Gasteiger charge is -2.28. The van der Waals surface area contributed by atoms with Gasteiger partial charge in [-0.25, -0.2) is 4.90 Å². The topological polar surface area (TPSA) is 52.7 Å². The molecule has 2 aliphatic rings. The molecule has 0 saturated carbocycles. The van der Waals surface area contributed by atoms with Gasteiger partial charge in [0.2, 0.25) is 0 Å². The number of nitrogens with zero attached hydrogens (tertiary/aromatic N) is 2. The van der Waals surface area contributed by atoms with Gasteiger partial charge in [0.15, 0.2) is 0 Å². The molecule has 1 saturated heterocycles. The number of aryl methyl sites for hydroxylation is 3. The average molecular weight is 466 g/mol. The molecule has 2 heterocycles. The van der Waals surface area contributed by atoms with E-state index < -0.39 is 0 Å². The van der Waals surface area contributed by atoms with Crippen molar-refractivity contribution in [3.63, 3.8) is 0 Å². The number of imide groups is 1. The molecule has 3 aromatic rings. The molecule has 35 heavy (non-hydrogen) atoms. The fourth-order valence-corrected chi connectivity index (χ4v) is 4.97. The zero-order valence-electron chi connectivity index (χ0n) is 20.6. The first kappa shape index (κ1) is 22.9. The van der Waals surface area contributed by atoms with E-state index in [0.29, 0.717) is 17.0 Å². The minimum atomic E-state index is -0.339. The molecule has 1 N–H and O–H groups in total. The summed E-state index contributed by atoms with van der Waals surface area (Å²) in [6.45, 7) is 8.14. The van der Waals surface area contributed by atoms with Crippen molar-refractivity contribution in [2.45, 2.75) is 40.0 Å². The molecule has 2 aliphatic heterocycles. The zero-order valence-corrected chi connectivity index (χ0v) is 20.6. The highest BCUT2D eigenvalue weighted by molar-refractivity contribution is 6.46. The van der Waals surface area contributed by atoms with Crippen LogP contribution in [0.25, 0.3) is 5.57 Å². The maximum absolute atomic E-state index is 13.7. The smallest absolute Gasteiger partial charge is 0.282 e. The van der Waals surface area contributed by atoms with E-state index in [1.54, 1.807) is 0 Å². The van der Waals surface area contributed by atoms with Crippen molar-refractivity contribution in [3.8, 4) is 0 Å². The van der Waals surface area contributed by atoms with Crippen LogP contribution in [-0.4, -0.2) is 24.9 Å². The van der Waals surface area contributed by atoms with Crippen molar-refractivity contribution in [1.29, 1.82) is 0 Å². The molecule has 0 atom stereocenters. The first-order valence-electron chi connectivity index (χ1n) is 12.3. The number of rotatable bonds is 5. The Bertz CT molecular complexity index is 1300. The van der Waals surface area contributed by atoms with Crippen LogP contribution in [0.15, 0.2) is 72.4 Å². The van der Waals surface area contributed by atoms with Gasteiger partial charge in [0, 0.05) is 24.5 Å². The summed E-state index contributed by atoms with van der Waals surface area (Å²) in [6.07, 6.45) is 3.73. The third-order valence-corrected chi connectivity index (χ3v) is 6.89. The van der Waals surface area contributed by atoms with Crippen LogP contribution in [-0.2, 0) is 9.59 Å². The molecule has 3 aromatic carbocycles. The van der Waals surface area contributed by atoms with Gasteiger partial charge in [-0.2, -0.15) is 0 Å². The van der Waals surface area contributed by atoms with Crippen LogP contribution in [0.3, 0.4) is 0 Å².